The van der Waals surface area contributed by atoms with E-state index in [0.29, 0.717) is 0 Å². The predicted molar refractivity (Wildman–Crippen MR) is 68.2 cm³/mol. The molecule has 0 bridgehead atoms. The third-order valence-corrected chi connectivity index (χ3v) is 2.70. The number of halogens is 2. The molecule has 9 heteroatoms. The molecule has 0 saturated heterocycles. The van der Waals surface area contributed by atoms with Gasteiger partial charge in [0.25, 0.3) is 0 Å². The number of ether oxygens (including phenoxy) is 2. The number of nitrogens with zero attached hydrogens (tertiary/aromatic N) is 1. The van der Waals surface area contributed by atoms with Crippen molar-refractivity contribution in [1.29, 1.82) is 0 Å². The summed E-state index contributed by atoms with van der Waals surface area (Å²) in [5, 5.41) is 10.8. The van der Waals surface area contributed by atoms with Crippen LogP contribution >= 0.6 is 0 Å². The summed E-state index contributed by atoms with van der Waals surface area (Å²) in [5.41, 5.74) is 4.55. The second kappa shape index (κ2) is 6.44. The number of carbonyl (C=O) groups excluding carboxylic acids is 1. The molecule has 1 aromatic rings. The highest BCUT2D eigenvalue weighted by Gasteiger charge is 2.48. The lowest BCUT2D eigenvalue weighted by atomic mass is 10.0. The van der Waals surface area contributed by atoms with Gasteiger partial charge in [0.15, 0.2) is 5.75 Å². The fraction of sp³-hybridized carbons (Fsp3) is 0.417. The van der Waals surface area contributed by atoms with Gasteiger partial charge in [0.2, 0.25) is 0 Å². The van der Waals surface area contributed by atoms with Crippen molar-refractivity contribution >= 4 is 11.7 Å². The van der Waals surface area contributed by atoms with E-state index in [0.717, 1.165) is 18.2 Å². The van der Waals surface area contributed by atoms with Gasteiger partial charge in [0, 0.05) is 6.07 Å². The third kappa shape index (κ3) is 3.43. The molecule has 0 aliphatic heterocycles. The predicted octanol–water partition coefficient (Wildman–Crippen LogP) is 1.80. The van der Waals surface area contributed by atoms with Crippen LogP contribution < -0.4 is 10.5 Å². The number of benzene rings is 1. The van der Waals surface area contributed by atoms with Crippen molar-refractivity contribution in [2.75, 3.05) is 13.7 Å². The fourth-order valence-electron chi connectivity index (χ4n) is 1.61. The second-order valence-electron chi connectivity index (χ2n) is 4.01. The van der Waals surface area contributed by atoms with E-state index < -0.39 is 28.5 Å². The van der Waals surface area contributed by atoms with Gasteiger partial charge in [-0.05, 0) is 18.6 Å². The summed E-state index contributed by atoms with van der Waals surface area (Å²) < 4.78 is 36.6. The average Bonchev–Trinajstić information content (AvgIpc) is 2.45. The first-order valence-corrected chi connectivity index (χ1v) is 5.88. The van der Waals surface area contributed by atoms with Gasteiger partial charge in [0.1, 0.15) is 6.04 Å². The van der Waals surface area contributed by atoms with Crippen LogP contribution in [-0.4, -0.2) is 30.5 Å². The van der Waals surface area contributed by atoms with E-state index in [1.807, 2.05) is 0 Å². The van der Waals surface area contributed by atoms with Gasteiger partial charge >= 0.3 is 17.6 Å². The Labute approximate surface area is 118 Å². The Hall–Kier alpha value is -2.29. The molecule has 0 aromatic heterocycles. The van der Waals surface area contributed by atoms with Crippen LogP contribution in [0.4, 0.5) is 14.5 Å². The standard InChI is InChI=1S/C12H14F2N2O5/c1-3-21-11(17)12(13,14)10(15)7-4-5-9(20-2)8(6-7)16(18)19/h4-6,10H,3,15H2,1-2H3/t10-/m0/s1. The summed E-state index contributed by atoms with van der Waals surface area (Å²) in [5.74, 6) is -5.88. The van der Waals surface area contributed by atoms with Crippen LogP contribution in [0.25, 0.3) is 0 Å². The van der Waals surface area contributed by atoms with Crippen LogP contribution in [0.15, 0.2) is 18.2 Å². The Morgan fingerprint density at radius 1 is 1.52 bits per heavy atom. The normalized spacial score (nSPS) is 12.6. The van der Waals surface area contributed by atoms with Crippen molar-refractivity contribution in [3.05, 3.63) is 33.9 Å². The first kappa shape index (κ1) is 16.8. The lowest BCUT2D eigenvalue weighted by Crippen LogP contribution is -2.41. The molecule has 0 spiro atoms. The highest BCUT2D eigenvalue weighted by molar-refractivity contribution is 5.79. The largest absolute Gasteiger partial charge is 0.490 e. The zero-order valence-corrected chi connectivity index (χ0v) is 11.3. The van der Waals surface area contributed by atoms with E-state index in [2.05, 4.69) is 4.74 Å². The topological polar surface area (TPSA) is 105 Å². The van der Waals surface area contributed by atoms with Crippen molar-refractivity contribution < 1.29 is 28.0 Å². The maximum absolute atomic E-state index is 13.8. The molecule has 7 nitrogen and oxygen atoms in total. The number of carbonyl (C=O) groups is 1. The van der Waals surface area contributed by atoms with E-state index in [1.165, 1.54) is 14.0 Å². The summed E-state index contributed by atoms with van der Waals surface area (Å²) in [6.45, 7) is 1.14. The number of nitrogens with two attached hydrogens (primary N) is 1. The van der Waals surface area contributed by atoms with Crippen molar-refractivity contribution in [3.8, 4) is 5.75 Å². The molecule has 1 aromatic carbocycles. The van der Waals surface area contributed by atoms with Gasteiger partial charge < -0.3 is 15.2 Å². The SMILES string of the molecule is CCOC(=O)C(F)(F)[C@@H](N)c1ccc(OC)c([N+](=O)[O-])c1. The minimum atomic E-state index is -4.00. The zero-order valence-electron chi connectivity index (χ0n) is 11.3. The highest BCUT2D eigenvalue weighted by atomic mass is 19.3. The number of esters is 1. The highest BCUT2D eigenvalue weighted by Crippen LogP contribution is 2.35. The van der Waals surface area contributed by atoms with Crippen molar-refractivity contribution in [1.82, 2.24) is 0 Å². The Kier molecular flexibility index (Phi) is 5.14. The molecule has 1 rings (SSSR count). The van der Waals surface area contributed by atoms with Crippen molar-refractivity contribution in [2.24, 2.45) is 5.73 Å². The van der Waals surface area contributed by atoms with Crippen LogP contribution in [0.3, 0.4) is 0 Å². The number of nitro benzene ring substituents is 1. The number of methoxy groups -OCH3 is 1. The fourth-order valence-corrected chi connectivity index (χ4v) is 1.61. The number of hydrogen-bond acceptors (Lipinski definition) is 6. The first-order valence-electron chi connectivity index (χ1n) is 5.88. The second-order valence-corrected chi connectivity index (χ2v) is 4.01. The number of hydrogen-bond donors (Lipinski definition) is 1. The summed E-state index contributed by atoms with van der Waals surface area (Å²) in [6.07, 6.45) is 0. The monoisotopic (exact) mass is 304 g/mol. The molecule has 0 aliphatic rings. The number of rotatable bonds is 6. The molecule has 0 amide bonds. The van der Waals surface area contributed by atoms with Gasteiger partial charge in [0.05, 0.1) is 18.6 Å². The Balaban J connectivity index is 3.18. The van der Waals surface area contributed by atoms with Gasteiger partial charge in [-0.25, -0.2) is 4.79 Å². The van der Waals surface area contributed by atoms with Crippen LogP contribution in [0.5, 0.6) is 5.75 Å². The number of nitro groups is 1. The third-order valence-electron chi connectivity index (χ3n) is 2.70. The molecule has 116 valence electrons. The summed E-state index contributed by atoms with van der Waals surface area (Å²) >= 11 is 0. The molecule has 0 aliphatic carbocycles. The zero-order chi connectivity index (χ0) is 16.2. The lowest BCUT2D eigenvalue weighted by Gasteiger charge is -2.21. The quantitative estimate of drug-likeness (QED) is 0.488. The molecule has 21 heavy (non-hydrogen) atoms. The molecule has 0 fully saturated rings. The van der Waals surface area contributed by atoms with Crippen molar-refractivity contribution in [2.45, 2.75) is 18.9 Å². The van der Waals surface area contributed by atoms with Gasteiger partial charge in [-0.15, -0.1) is 0 Å². The maximum atomic E-state index is 13.8. The van der Waals surface area contributed by atoms with Gasteiger partial charge in [-0.2, -0.15) is 8.78 Å². The van der Waals surface area contributed by atoms with Crippen molar-refractivity contribution in [3.63, 3.8) is 0 Å². The Morgan fingerprint density at radius 2 is 2.14 bits per heavy atom. The number of alkyl halides is 2. The van der Waals surface area contributed by atoms with Crippen LogP contribution in [0.1, 0.15) is 18.5 Å². The van der Waals surface area contributed by atoms with E-state index >= 15 is 0 Å². The summed E-state index contributed by atoms with van der Waals surface area (Å²) in [7, 11) is 1.20. The van der Waals surface area contributed by atoms with E-state index in [1.54, 1.807) is 0 Å². The minimum absolute atomic E-state index is 0.101. The lowest BCUT2D eigenvalue weighted by molar-refractivity contribution is -0.385. The molecular formula is C12H14F2N2O5. The Morgan fingerprint density at radius 3 is 2.62 bits per heavy atom. The van der Waals surface area contributed by atoms with Gasteiger partial charge in [-0.1, -0.05) is 6.07 Å². The molecule has 0 unspecified atom stereocenters. The summed E-state index contributed by atoms with van der Waals surface area (Å²) in [6, 6.07) is 1.04. The van der Waals surface area contributed by atoms with Crippen LogP contribution in [0.2, 0.25) is 0 Å². The molecule has 0 heterocycles. The maximum Gasteiger partial charge on any atom is 0.379 e. The van der Waals surface area contributed by atoms with E-state index in [-0.39, 0.29) is 17.9 Å². The first-order chi connectivity index (χ1) is 9.75. The molecular weight excluding hydrogens is 290 g/mol. The van der Waals surface area contributed by atoms with E-state index in [4.69, 9.17) is 10.5 Å². The average molecular weight is 304 g/mol. The smallest absolute Gasteiger partial charge is 0.379 e. The molecule has 0 saturated carbocycles. The van der Waals surface area contributed by atoms with Crippen LogP contribution in [0, 0.1) is 10.1 Å². The molecule has 0 radical (unpaired) electrons. The molecule has 2 N–H and O–H groups in total. The summed E-state index contributed by atoms with van der Waals surface area (Å²) in [4.78, 5) is 21.3. The minimum Gasteiger partial charge on any atom is -0.490 e. The Bertz CT molecular complexity index is 550. The van der Waals surface area contributed by atoms with Crippen LogP contribution in [-0.2, 0) is 9.53 Å². The van der Waals surface area contributed by atoms with E-state index in [9.17, 15) is 23.7 Å². The van der Waals surface area contributed by atoms with Gasteiger partial charge in [-0.3, -0.25) is 10.1 Å². The molecule has 1 atom stereocenters.